The molecule has 154 valence electrons. The monoisotopic (exact) mass is 411 g/mol. The fraction of sp³-hybridized carbons (Fsp3) is 0.174. The van der Waals surface area contributed by atoms with E-state index in [1.54, 1.807) is 0 Å². The molecule has 0 aliphatic carbocycles. The number of carbonyl (C=O) groups is 1. The van der Waals surface area contributed by atoms with E-state index >= 15 is 0 Å². The lowest BCUT2D eigenvalue weighted by Crippen LogP contribution is -2.27. The minimum absolute atomic E-state index is 0.276. The maximum absolute atomic E-state index is 12.9. The molecule has 1 amide bonds. The van der Waals surface area contributed by atoms with Gasteiger partial charge < -0.3 is 5.32 Å². The second kappa shape index (κ2) is 8.20. The van der Waals surface area contributed by atoms with Gasteiger partial charge in [0.05, 0.1) is 17.5 Å². The molecule has 3 aromatic carbocycles. The number of rotatable bonds is 5. The second-order valence-corrected chi connectivity index (χ2v) is 7.17. The minimum atomic E-state index is -4.41. The molecular formula is C23H20F3N3O. The lowest BCUT2D eigenvalue weighted by atomic mass is 9.87. The van der Waals surface area contributed by atoms with Crippen LogP contribution >= 0.6 is 0 Å². The SMILES string of the molecule is O=C1NN[C@@H](c2cccc(NCc3ccccc3)c2)[C@@H]1c1ccc(C(F)(F)F)cc1. The number of benzene rings is 3. The number of anilines is 1. The van der Waals surface area contributed by atoms with Crippen molar-refractivity contribution in [3.8, 4) is 0 Å². The predicted molar refractivity (Wildman–Crippen MR) is 108 cm³/mol. The molecule has 0 spiro atoms. The van der Waals surface area contributed by atoms with Gasteiger partial charge in [0.2, 0.25) is 5.91 Å². The number of nitrogens with one attached hydrogen (secondary N) is 3. The molecule has 0 unspecified atom stereocenters. The molecule has 1 aliphatic heterocycles. The van der Waals surface area contributed by atoms with Crippen LogP contribution in [0.4, 0.5) is 18.9 Å². The van der Waals surface area contributed by atoms with Gasteiger partial charge in [-0.05, 0) is 41.0 Å². The Kier molecular flexibility index (Phi) is 5.46. The van der Waals surface area contributed by atoms with Crippen molar-refractivity contribution in [3.05, 3.63) is 101 Å². The van der Waals surface area contributed by atoms with Crippen molar-refractivity contribution in [2.24, 2.45) is 0 Å². The lowest BCUT2D eigenvalue weighted by Gasteiger charge is -2.19. The van der Waals surface area contributed by atoms with Crippen molar-refractivity contribution < 1.29 is 18.0 Å². The third-order valence-corrected chi connectivity index (χ3v) is 5.15. The van der Waals surface area contributed by atoms with Gasteiger partial charge in [0.15, 0.2) is 0 Å². The van der Waals surface area contributed by atoms with Crippen molar-refractivity contribution in [1.82, 2.24) is 10.9 Å². The van der Waals surface area contributed by atoms with Gasteiger partial charge in [-0.2, -0.15) is 13.2 Å². The number of hydrazine groups is 1. The van der Waals surface area contributed by atoms with Crippen LogP contribution in [0.15, 0.2) is 78.9 Å². The van der Waals surface area contributed by atoms with E-state index in [-0.39, 0.29) is 5.91 Å². The van der Waals surface area contributed by atoms with E-state index in [1.807, 2.05) is 54.6 Å². The van der Waals surface area contributed by atoms with E-state index in [0.29, 0.717) is 12.1 Å². The zero-order valence-corrected chi connectivity index (χ0v) is 15.9. The second-order valence-electron chi connectivity index (χ2n) is 7.17. The molecule has 7 heteroatoms. The Morgan fingerprint density at radius 1 is 0.867 bits per heavy atom. The molecule has 4 rings (SSSR count). The summed E-state index contributed by atoms with van der Waals surface area (Å²) in [4.78, 5) is 12.4. The minimum Gasteiger partial charge on any atom is -0.381 e. The predicted octanol–water partition coefficient (Wildman–Crippen LogP) is 4.78. The number of halogens is 3. The Bertz CT molecular complexity index is 1020. The molecular weight excluding hydrogens is 391 g/mol. The summed E-state index contributed by atoms with van der Waals surface area (Å²) >= 11 is 0. The molecule has 2 atom stereocenters. The van der Waals surface area contributed by atoms with Gasteiger partial charge >= 0.3 is 6.18 Å². The topological polar surface area (TPSA) is 53.2 Å². The van der Waals surface area contributed by atoms with Gasteiger partial charge in [-0.1, -0.05) is 54.6 Å². The summed E-state index contributed by atoms with van der Waals surface area (Å²) in [6, 6.07) is 22.0. The highest BCUT2D eigenvalue weighted by molar-refractivity contribution is 5.86. The molecule has 0 radical (unpaired) electrons. The summed E-state index contributed by atoms with van der Waals surface area (Å²) in [7, 11) is 0. The Hall–Kier alpha value is -3.32. The normalized spacial score (nSPS) is 18.8. The fourth-order valence-electron chi connectivity index (χ4n) is 3.60. The number of amides is 1. The molecule has 1 saturated heterocycles. The number of hydrogen-bond acceptors (Lipinski definition) is 3. The third-order valence-electron chi connectivity index (χ3n) is 5.15. The molecule has 0 bridgehead atoms. The maximum Gasteiger partial charge on any atom is 0.416 e. The number of hydrogen-bond donors (Lipinski definition) is 3. The zero-order valence-electron chi connectivity index (χ0n) is 15.9. The van der Waals surface area contributed by atoms with Crippen LogP contribution in [0.2, 0.25) is 0 Å². The third kappa shape index (κ3) is 4.31. The fourth-order valence-corrected chi connectivity index (χ4v) is 3.60. The highest BCUT2D eigenvalue weighted by Gasteiger charge is 2.38. The van der Waals surface area contributed by atoms with E-state index in [1.165, 1.54) is 12.1 Å². The van der Waals surface area contributed by atoms with Gasteiger partial charge in [0.1, 0.15) is 0 Å². The van der Waals surface area contributed by atoms with Crippen LogP contribution in [0.1, 0.15) is 34.2 Å². The van der Waals surface area contributed by atoms with Crippen molar-refractivity contribution in [2.75, 3.05) is 5.32 Å². The van der Waals surface area contributed by atoms with E-state index in [2.05, 4.69) is 16.2 Å². The summed E-state index contributed by atoms with van der Waals surface area (Å²) in [6.07, 6.45) is -4.41. The Morgan fingerprint density at radius 3 is 2.30 bits per heavy atom. The highest BCUT2D eigenvalue weighted by atomic mass is 19.4. The molecule has 3 aromatic rings. The molecule has 1 aliphatic rings. The van der Waals surface area contributed by atoms with Gasteiger partial charge in [0.25, 0.3) is 0 Å². The first-order chi connectivity index (χ1) is 14.4. The van der Waals surface area contributed by atoms with Crippen LogP contribution in [0.3, 0.4) is 0 Å². The molecule has 1 heterocycles. The first-order valence-electron chi connectivity index (χ1n) is 9.52. The Balaban J connectivity index is 1.54. The zero-order chi connectivity index (χ0) is 21.1. The van der Waals surface area contributed by atoms with Crippen LogP contribution in [0.5, 0.6) is 0 Å². The number of alkyl halides is 3. The molecule has 0 aromatic heterocycles. The molecule has 30 heavy (non-hydrogen) atoms. The van der Waals surface area contributed by atoms with Crippen molar-refractivity contribution >= 4 is 11.6 Å². The van der Waals surface area contributed by atoms with Gasteiger partial charge in [-0.15, -0.1) is 0 Å². The maximum atomic E-state index is 12.9. The molecule has 4 nitrogen and oxygen atoms in total. The van der Waals surface area contributed by atoms with Crippen LogP contribution in [0, 0.1) is 0 Å². The van der Waals surface area contributed by atoms with Crippen LogP contribution in [0.25, 0.3) is 0 Å². The summed E-state index contributed by atoms with van der Waals surface area (Å²) in [6.45, 7) is 0.655. The lowest BCUT2D eigenvalue weighted by molar-refractivity contribution is -0.137. The average Bonchev–Trinajstić information content (AvgIpc) is 3.14. The molecule has 0 saturated carbocycles. The van der Waals surface area contributed by atoms with Gasteiger partial charge in [-0.3, -0.25) is 10.2 Å². The Labute approximate surface area is 172 Å². The first kappa shape index (κ1) is 20.0. The van der Waals surface area contributed by atoms with Gasteiger partial charge in [-0.25, -0.2) is 5.43 Å². The van der Waals surface area contributed by atoms with E-state index in [4.69, 9.17) is 0 Å². The Morgan fingerprint density at radius 2 is 1.60 bits per heavy atom. The standard InChI is InChI=1S/C23H20F3N3O/c24-23(25,26)18-11-9-16(10-12-18)20-21(28-29-22(20)30)17-7-4-8-19(13-17)27-14-15-5-2-1-3-6-15/h1-13,20-21,27-28H,14H2,(H,29,30)/t20-,21-/m0/s1. The summed E-state index contributed by atoms with van der Waals surface area (Å²) in [5, 5.41) is 3.36. The number of carbonyl (C=O) groups excluding carboxylic acids is 1. The van der Waals surface area contributed by atoms with Crippen LogP contribution in [-0.4, -0.2) is 5.91 Å². The first-order valence-corrected chi connectivity index (χ1v) is 9.52. The van der Waals surface area contributed by atoms with Gasteiger partial charge in [0, 0.05) is 12.2 Å². The van der Waals surface area contributed by atoms with Crippen molar-refractivity contribution in [3.63, 3.8) is 0 Å². The highest BCUT2D eigenvalue weighted by Crippen LogP contribution is 2.36. The average molecular weight is 411 g/mol. The molecule has 3 N–H and O–H groups in total. The largest absolute Gasteiger partial charge is 0.416 e. The van der Waals surface area contributed by atoms with Crippen LogP contribution < -0.4 is 16.2 Å². The quantitative estimate of drug-likeness (QED) is 0.567. The summed E-state index contributed by atoms with van der Waals surface area (Å²) in [5.41, 5.74) is 8.26. The van der Waals surface area contributed by atoms with Crippen molar-refractivity contribution in [1.29, 1.82) is 0 Å². The van der Waals surface area contributed by atoms with Crippen LogP contribution in [-0.2, 0) is 17.5 Å². The van der Waals surface area contributed by atoms with E-state index in [0.717, 1.165) is 28.9 Å². The summed E-state index contributed by atoms with van der Waals surface area (Å²) < 4.78 is 38.6. The summed E-state index contributed by atoms with van der Waals surface area (Å²) in [5.74, 6) is -0.904. The van der Waals surface area contributed by atoms with Crippen molar-refractivity contribution in [2.45, 2.75) is 24.7 Å². The smallest absolute Gasteiger partial charge is 0.381 e. The van der Waals surface area contributed by atoms with E-state index < -0.39 is 23.7 Å². The van der Waals surface area contributed by atoms with E-state index in [9.17, 15) is 18.0 Å². The molecule has 1 fully saturated rings.